The first-order valence-corrected chi connectivity index (χ1v) is 6.08. The maximum atomic E-state index is 11.7. The van der Waals surface area contributed by atoms with Crippen LogP contribution in [0.25, 0.3) is 0 Å². The molecule has 0 spiro atoms. The topological polar surface area (TPSA) is 37.4 Å². The van der Waals surface area contributed by atoms with Crippen LogP contribution in [0.4, 0.5) is 0 Å². The van der Waals surface area contributed by atoms with Gasteiger partial charge < -0.3 is 4.90 Å². The van der Waals surface area contributed by atoms with Gasteiger partial charge in [0.25, 0.3) is 0 Å². The second kappa shape index (κ2) is 4.77. The van der Waals surface area contributed by atoms with Crippen molar-refractivity contribution < 1.29 is 9.59 Å². The maximum absolute atomic E-state index is 11.7. The molecule has 84 valence electrons. The number of amides is 1. The van der Waals surface area contributed by atoms with Gasteiger partial charge in [-0.15, -0.1) is 0 Å². The molecule has 0 N–H and O–H groups in total. The highest BCUT2D eigenvalue weighted by Gasteiger charge is 2.31. The molecule has 1 heterocycles. The standard InChI is InChI=1S/C12H19NO2/c14-11(10-6-7-10)9-13-8-4-2-1-3-5-12(13)15/h10H,1-9H2. The van der Waals surface area contributed by atoms with E-state index in [1.165, 1.54) is 6.42 Å². The zero-order chi connectivity index (χ0) is 10.7. The first-order valence-electron chi connectivity index (χ1n) is 6.08. The first kappa shape index (κ1) is 10.7. The Bertz CT molecular complexity index is 258. The Morgan fingerprint density at radius 1 is 1.20 bits per heavy atom. The number of likely N-dealkylation sites (tertiary alicyclic amines) is 1. The van der Waals surface area contributed by atoms with Crippen molar-refractivity contribution in [2.24, 2.45) is 5.92 Å². The van der Waals surface area contributed by atoms with Crippen LogP contribution in [0.15, 0.2) is 0 Å². The molecular weight excluding hydrogens is 190 g/mol. The van der Waals surface area contributed by atoms with Crippen LogP contribution < -0.4 is 0 Å². The van der Waals surface area contributed by atoms with Gasteiger partial charge in [0, 0.05) is 18.9 Å². The Morgan fingerprint density at radius 2 is 1.93 bits per heavy atom. The number of rotatable bonds is 3. The second-order valence-electron chi connectivity index (χ2n) is 4.72. The van der Waals surface area contributed by atoms with Gasteiger partial charge in [-0.25, -0.2) is 0 Å². The lowest BCUT2D eigenvalue weighted by Gasteiger charge is -2.24. The van der Waals surface area contributed by atoms with Gasteiger partial charge in [0.2, 0.25) is 5.91 Å². The molecule has 1 aliphatic carbocycles. The predicted octanol–water partition coefficient (Wildman–Crippen LogP) is 1.76. The lowest BCUT2D eigenvalue weighted by Crippen LogP contribution is -2.37. The van der Waals surface area contributed by atoms with Crippen molar-refractivity contribution in [1.29, 1.82) is 0 Å². The van der Waals surface area contributed by atoms with Crippen molar-refractivity contribution in [3.63, 3.8) is 0 Å². The van der Waals surface area contributed by atoms with E-state index < -0.39 is 0 Å². The predicted molar refractivity (Wildman–Crippen MR) is 57.4 cm³/mol. The second-order valence-corrected chi connectivity index (χ2v) is 4.72. The van der Waals surface area contributed by atoms with Crippen molar-refractivity contribution in [3.8, 4) is 0 Å². The molecule has 0 unspecified atom stereocenters. The molecular formula is C12H19NO2. The number of hydrogen-bond donors (Lipinski definition) is 0. The molecule has 0 aromatic carbocycles. The molecule has 15 heavy (non-hydrogen) atoms. The number of carbonyl (C=O) groups is 2. The fourth-order valence-electron chi connectivity index (χ4n) is 2.11. The summed E-state index contributed by atoms with van der Waals surface area (Å²) in [5.74, 6) is 0.746. The molecule has 3 nitrogen and oxygen atoms in total. The van der Waals surface area contributed by atoms with E-state index in [2.05, 4.69) is 0 Å². The minimum absolute atomic E-state index is 0.184. The summed E-state index contributed by atoms with van der Waals surface area (Å²) < 4.78 is 0. The Morgan fingerprint density at radius 3 is 2.67 bits per heavy atom. The van der Waals surface area contributed by atoms with Gasteiger partial charge in [-0.2, -0.15) is 0 Å². The summed E-state index contributed by atoms with van der Waals surface area (Å²) in [5, 5.41) is 0. The van der Waals surface area contributed by atoms with Crippen molar-refractivity contribution in [1.82, 2.24) is 4.90 Å². The third-order valence-electron chi connectivity index (χ3n) is 3.30. The molecule has 2 fully saturated rings. The summed E-state index contributed by atoms with van der Waals surface area (Å²) in [6.07, 6.45) is 7.13. The highest BCUT2D eigenvalue weighted by atomic mass is 16.2. The summed E-state index contributed by atoms with van der Waals surface area (Å²) in [6, 6.07) is 0. The van der Waals surface area contributed by atoms with Gasteiger partial charge in [-0.3, -0.25) is 9.59 Å². The Kier molecular flexibility index (Phi) is 3.39. The van der Waals surface area contributed by atoms with E-state index >= 15 is 0 Å². The Balaban J connectivity index is 1.85. The number of Topliss-reactive ketones (excluding diaryl/α,β-unsaturated/α-hetero) is 1. The van der Waals surface area contributed by atoms with Crippen LogP contribution in [0, 0.1) is 5.92 Å². The monoisotopic (exact) mass is 209 g/mol. The summed E-state index contributed by atoms with van der Waals surface area (Å²) in [4.78, 5) is 25.1. The van der Waals surface area contributed by atoms with Gasteiger partial charge >= 0.3 is 0 Å². The molecule has 0 radical (unpaired) electrons. The van der Waals surface area contributed by atoms with Crippen LogP contribution in [-0.2, 0) is 9.59 Å². The lowest BCUT2D eigenvalue weighted by molar-refractivity contribution is -0.136. The summed E-state index contributed by atoms with van der Waals surface area (Å²) in [7, 11) is 0. The zero-order valence-electron chi connectivity index (χ0n) is 9.21. The maximum Gasteiger partial charge on any atom is 0.222 e. The van der Waals surface area contributed by atoms with Crippen LogP contribution in [-0.4, -0.2) is 29.7 Å². The van der Waals surface area contributed by atoms with E-state index in [9.17, 15) is 9.59 Å². The summed E-state index contributed by atoms with van der Waals surface area (Å²) in [5.41, 5.74) is 0. The normalized spacial score (nSPS) is 23.5. The van der Waals surface area contributed by atoms with E-state index in [1.54, 1.807) is 4.90 Å². The lowest BCUT2D eigenvalue weighted by atomic mass is 10.1. The number of carbonyl (C=O) groups excluding carboxylic acids is 2. The smallest absolute Gasteiger partial charge is 0.222 e. The van der Waals surface area contributed by atoms with Gasteiger partial charge in [0.1, 0.15) is 0 Å². The van der Waals surface area contributed by atoms with Crippen molar-refractivity contribution in [2.45, 2.75) is 44.9 Å². The van der Waals surface area contributed by atoms with Crippen LogP contribution in [0.3, 0.4) is 0 Å². The van der Waals surface area contributed by atoms with Gasteiger partial charge in [-0.1, -0.05) is 12.8 Å². The zero-order valence-corrected chi connectivity index (χ0v) is 9.21. The molecule has 2 aliphatic rings. The summed E-state index contributed by atoms with van der Waals surface area (Å²) in [6.45, 7) is 1.17. The largest absolute Gasteiger partial charge is 0.335 e. The molecule has 1 aliphatic heterocycles. The molecule has 0 aromatic rings. The van der Waals surface area contributed by atoms with Gasteiger partial charge in [0.05, 0.1) is 6.54 Å². The van der Waals surface area contributed by atoms with Crippen molar-refractivity contribution in [3.05, 3.63) is 0 Å². The van der Waals surface area contributed by atoms with E-state index in [0.717, 1.165) is 38.6 Å². The third-order valence-corrected chi connectivity index (χ3v) is 3.30. The van der Waals surface area contributed by atoms with Crippen LogP contribution in [0.5, 0.6) is 0 Å². The molecule has 0 aromatic heterocycles. The minimum atomic E-state index is 0.184. The molecule has 1 saturated heterocycles. The Hall–Kier alpha value is -0.860. The highest BCUT2D eigenvalue weighted by molar-refractivity contribution is 5.89. The van der Waals surface area contributed by atoms with E-state index in [-0.39, 0.29) is 17.6 Å². The van der Waals surface area contributed by atoms with Gasteiger partial charge in [-0.05, 0) is 25.7 Å². The molecule has 0 atom stereocenters. The van der Waals surface area contributed by atoms with Gasteiger partial charge in [0.15, 0.2) is 5.78 Å². The van der Waals surface area contributed by atoms with Crippen LogP contribution in [0.2, 0.25) is 0 Å². The van der Waals surface area contributed by atoms with E-state index in [4.69, 9.17) is 0 Å². The minimum Gasteiger partial charge on any atom is -0.335 e. The number of hydrogen-bond acceptors (Lipinski definition) is 2. The molecule has 2 rings (SSSR count). The van der Waals surface area contributed by atoms with Crippen LogP contribution in [0.1, 0.15) is 44.9 Å². The number of nitrogens with zero attached hydrogens (tertiary/aromatic N) is 1. The average molecular weight is 209 g/mol. The van der Waals surface area contributed by atoms with E-state index in [0.29, 0.717) is 13.0 Å². The molecule has 1 saturated carbocycles. The fourth-order valence-corrected chi connectivity index (χ4v) is 2.11. The van der Waals surface area contributed by atoms with E-state index in [1.807, 2.05) is 0 Å². The number of ketones is 1. The summed E-state index contributed by atoms with van der Waals surface area (Å²) >= 11 is 0. The highest BCUT2D eigenvalue weighted by Crippen LogP contribution is 2.30. The average Bonchev–Trinajstić information content (AvgIpc) is 3.01. The molecule has 3 heteroatoms. The molecule has 1 amide bonds. The van der Waals surface area contributed by atoms with Crippen molar-refractivity contribution in [2.75, 3.05) is 13.1 Å². The molecule has 0 bridgehead atoms. The first-order chi connectivity index (χ1) is 7.27. The SMILES string of the molecule is O=C(CN1CCCCCCC1=O)C1CC1. The fraction of sp³-hybridized carbons (Fsp3) is 0.833. The quantitative estimate of drug-likeness (QED) is 0.710. The van der Waals surface area contributed by atoms with Crippen molar-refractivity contribution >= 4 is 11.7 Å². The third kappa shape index (κ3) is 3.05. The Labute approximate surface area is 90.8 Å². The van der Waals surface area contributed by atoms with Crippen LogP contribution >= 0.6 is 0 Å².